The molecule has 0 fully saturated rings. The Morgan fingerprint density at radius 1 is 1.40 bits per heavy atom. The van der Waals surface area contributed by atoms with Crippen molar-refractivity contribution in [2.24, 2.45) is 0 Å². The Morgan fingerprint density at radius 2 is 2.00 bits per heavy atom. The Hall–Kier alpha value is -1.91. The van der Waals surface area contributed by atoms with Gasteiger partial charge in [0.05, 0.1) is 12.2 Å². The fourth-order valence-corrected chi connectivity index (χ4v) is 3.07. The minimum Gasteiger partial charge on any atom is -0.247 e. The van der Waals surface area contributed by atoms with Crippen LogP contribution in [0.25, 0.3) is 0 Å². The summed E-state index contributed by atoms with van der Waals surface area (Å²) in [6.45, 7) is 1.59. The van der Waals surface area contributed by atoms with Crippen LogP contribution in [0.5, 0.6) is 0 Å². The van der Waals surface area contributed by atoms with E-state index in [9.17, 15) is 12.8 Å². The van der Waals surface area contributed by atoms with Crippen LogP contribution in [-0.2, 0) is 15.6 Å². The lowest BCUT2D eigenvalue weighted by atomic mass is 10.2. The highest BCUT2D eigenvalue weighted by Crippen LogP contribution is 2.23. The second kappa shape index (κ2) is 5.23. The minimum atomic E-state index is -4.11. The standard InChI is InChI=1S/C12H9ClFN3O2S/c1-8-11(6-15)12(20(13,18)19)17(16-8)7-9-2-4-10(14)5-3-9/h2-5H,7H2,1H3. The maximum atomic E-state index is 12.8. The van der Waals surface area contributed by atoms with E-state index in [1.165, 1.54) is 31.2 Å². The van der Waals surface area contributed by atoms with Crippen molar-refractivity contribution >= 4 is 19.7 Å². The van der Waals surface area contributed by atoms with Gasteiger partial charge in [0.15, 0.2) is 5.03 Å². The highest BCUT2D eigenvalue weighted by Gasteiger charge is 2.25. The van der Waals surface area contributed by atoms with Gasteiger partial charge in [-0.25, -0.2) is 17.5 Å². The van der Waals surface area contributed by atoms with Crippen LogP contribution >= 0.6 is 10.7 Å². The van der Waals surface area contributed by atoms with Gasteiger partial charge in [-0.15, -0.1) is 0 Å². The summed E-state index contributed by atoms with van der Waals surface area (Å²) < 4.78 is 37.1. The van der Waals surface area contributed by atoms with Crippen molar-refractivity contribution in [1.82, 2.24) is 9.78 Å². The second-order valence-electron chi connectivity index (χ2n) is 4.10. The van der Waals surface area contributed by atoms with E-state index in [0.717, 1.165) is 4.68 Å². The zero-order valence-corrected chi connectivity index (χ0v) is 11.9. The highest BCUT2D eigenvalue weighted by molar-refractivity contribution is 8.13. The summed E-state index contributed by atoms with van der Waals surface area (Å²) in [4.78, 5) is 0. The number of nitriles is 1. The van der Waals surface area contributed by atoms with Crippen LogP contribution in [0.3, 0.4) is 0 Å². The van der Waals surface area contributed by atoms with Crippen LogP contribution < -0.4 is 0 Å². The van der Waals surface area contributed by atoms with Gasteiger partial charge in [0.2, 0.25) is 0 Å². The molecule has 2 rings (SSSR count). The van der Waals surface area contributed by atoms with E-state index in [2.05, 4.69) is 5.10 Å². The fraction of sp³-hybridized carbons (Fsp3) is 0.167. The maximum absolute atomic E-state index is 12.8. The average molecular weight is 314 g/mol. The van der Waals surface area contributed by atoms with Gasteiger partial charge in [0, 0.05) is 10.7 Å². The minimum absolute atomic E-state index is 0.0735. The molecule has 0 N–H and O–H groups in total. The van der Waals surface area contributed by atoms with Gasteiger partial charge in [-0.05, 0) is 24.6 Å². The van der Waals surface area contributed by atoms with Gasteiger partial charge < -0.3 is 0 Å². The van der Waals surface area contributed by atoms with Crippen LogP contribution in [0, 0.1) is 24.1 Å². The number of aryl methyl sites for hydroxylation is 1. The van der Waals surface area contributed by atoms with Crippen LogP contribution in [0.2, 0.25) is 0 Å². The summed E-state index contributed by atoms with van der Waals surface area (Å²) in [6.07, 6.45) is 0. The summed E-state index contributed by atoms with van der Waals surface area (Å²) in [7, 11) is 1.25. The predicted octanol–water partition coefficient (Wildman–Crippen LogP) is 2.18. The largest absolute Gasteiger partial charge is 0.279 e. The molecule has 0 spiro atoms. The van der Waals surface area contributed by atoms with Gasteiger partial charge in [-0.3, -0.25) is 0 Å². The Labute approximate surface area is 119 Å². The fourth-order valence-electron chi connectivity index (χ4n) is 1.81. The summed E-state index contributed by atoms with van der Waals surface area (Å²) in [5.74, 6) is -0.395. The molecule has 5 nitrogen and oxygen atoms in total. The smallest absolute Gasteiger partial charge is 0.247 e. The predicted molar refractivity (Wildman–Crippen MR) is 70.2 cm³/mol. The molecule has 8 heteroatoms. The molecule has 20 heavy (non-hydrogen) atoms. The molecule has 104 valence electrons. The number of hydrogen-bond donors (Lipinski definition) is 0. The highest BCUT2D eigenvalue weighted by atomic mass is 35.7. The lowest BCUT2D eigenvalue weighted by molar-refractivity contribution is 0.571. The Balaban J connectivity index is 2.53. The van der Waals surface area contributed by atoms with E-state index in [-0.39, 0.29) is 22.8 Å². The van der Waals surface area contributed by atoms with E-state index in [1.807, 2.05) is 0 Å². The number of benzene rings is 1. The lowest BCUT2D eigenvalue weighted by Gasteiger charge is -2.05. The van der Waals surface area contributed by atoms with Crippen molar-refractivity contribution in [3.63, 3.8) is 0 Å². The van der Waals surface area contributed by atoms with Crippen LogP contribution in [0.1, 0.15) is 16.8 Å². The SMILES string of the molecule is Cc1nn(Cc2ccc(F)cc2)c(S(=O)(=O)Cl)c1C#N. The molecule has 0 bridgehead atoms. The van der Waals surface area contributed by atoms with Crippen molar-refractivity contribution in [3.8, 4) is 6.07 Å². The molecule has 1 aromatic heterocycles. The van der Waals surface area contributed by atoms with Gasteiger partial charge >= 0.3 is 0 Å². The molecular weight excluding hydrogens is 305 g/mol. The first-order valence-electron chi connectivity index (χ1n) is 5.49. The molecule has 1 aromatic carbocycles. The molecule has 1 heterocycles. The molecule has 0 amide bonds. The van der Waals surface area contributed by atoms with Gasteiger partial charge in [0.25, 0.3) is 9.05 Å². The molecule has 0 saturated carbocycles. The monoisotopic (exact) mass is 313 g/mol. The normalized spacial score (nSPS) is 11.3. The zero-order valence-electron chi connectivity index (χ0n) is 10.3. The average Bonchev–Trinajstić information content (AvgIpc) is 2.67. The number of rotatable bonds is 3. The number of aromatic nitrogens is 2. The van der Waals surface area contributed by atoms with Gasteiger partial charge in [-0.1, -0.05) is 12.1 Å². The van der Waals surface area contributed by atoms with E-state index < -0.39 is 14.9 Å². The molecule has 0 unspecified atom stereocenters. The van der Waals surface area contributed by atoms with Crippen molar-refractivity contribution in [2.75, 3.05) is 0 Å². The first kappa shape index (κ1) is 14.5. The molecule has 0 saturated heterocycles. The maximum Gasteiger partial charge on any atom is 0.279 e. The quantitative estimate of drug-likeness (QED) is 0.814. The molecule has 2 aromatic rings. The first-order valence-corrected chi connectivity index (χ1v) is 7.80. The summed E-state index contributed by atoms with van der Waals surface area (Å²) in [5, 5.41) is 12.7. The number of nitrogens with zero attached hydrogens (tertiary/aromatic N) is 3. The Morgan fingerprint density at radius 3 is 2.50 bits per heavy atom. The summed E-state index contributed by atoms with van der Waals surface area (Å²) in [6, 6.07) is 7.30. The van der Waals surface area contributed by atoms with E-state index in [4.69, 9.17) is 15.9 Å². The molecule has 0 aliphatic heterocycles. The molecule has 0 aliphatic rings. The van der Waals surface area contributed by atoms with Gasteiger partial charge in [-0.2, -0.15) is 10.4 Å². The van der Waals surface area contributed by atoms with E-state index in [0.29, 0.717) is 5.56 Å². The second-order valence-corrected chi connectivity index (χ2v) is 6.58. The molecule has 0 atom stereocenters. The van der Waals surface area contributed by atoms with E-state index >= 15 is 0 Å². The van der Waals surface area contributed by atoms with Crippen molar-refractivity contribution in [1.29, 1.82) is 5.26 Å². The summed E-state index contributed by atoms with van der Waals surface area (Å²) >= 11 is 0. The third-order valence-corrected chi connectivity index (χ3v) is 3.98. The molecular formula is C12H9ClFN3O2S. The van der Waals surface area contributed by atoms with Crippen molar-refractivity contribution in [2.45, 2.75) is 18.5 Å². The number of hydrogen-bond acceptors (Lipinski definition) is 4. The summed E-state index contributed by atoms with van der Waals surface area (Å²) in [5.41, 5.74) is 0.830. The van der Waals surface area contributed by atoms with Crippen LogP contribution in [0.15, 0.2) is 29.3 Å². The van der Waals surface area contributed by atoms with E-state index in [1.54, 1.807) is 6.07 Å². The van der Waals surface area contributed by atoms with Gasteiger partial charge in [0.1, 0.15) is 17.4 Å². The molecule has 0 radical (unpaired) electrons. The van der Waals surface area contributed by atoms with Crippen molar-refractivity contribution < 1.29 is 12.8 Å². The molecule has 0 aliphatic carbocycles. The van der Waals surface area contributed by atoms with Crippen LogP contribution in [-0.4, -0.2) is 18.2 Å². The number of halogens is 2. The zero-order chi connectivity index (χ0) is 14.9. The van der Waals surface area contributed by atoms with Crippen molar-refractivity contribution in [3.05, 3.63) is 46.9 Å². The Kier molecular flexibility index (Phi) is 3.79. The first-order chi connectivity index (χ1) is 9.32. The van der Waals surface area contributed by atoms with Crippen LogP contribution in [0.4, 0.5) is 4.39 Å². The third kappa shape index (κ3) is 2.81. The topological polar surface area (TPSA) is 75.8 Å². The lowest BCUT2D eigenvalue weighted by Crippen LogP contribution is -2.09. The third-order valence-electron chi connectivity index (χ3n) is 2.67. The Bertz CT molecular complexity index is 791.